The Kier molecular flexibility index (Phi) is 5.46. The van der Waals surface area contributed by atoms with Crippen LogP contribution in [0.1, 0.15) is 12.5 Å². The number of halogens is 1. The first-order chi connectivity index (χ1) is 14.0. The van der Waals surface area contributed by atoms with Crippen LogP contribution in [0.3, 0.4) is 0 Å². The van der Waals surface area contributed by atoms with Gasteiger partial charge >= 0.3 is 5.63 Å². The monoisotopic (exact) mass is 469 g/mol. The highest BCUT2D eigenvalue weighted by Gasteiger charge is 2.12. The van der Waals surface area contributed by atoms with Crippen molar-refractivity contribution < 1.29 is 9.15 Å². The van der Waals surface area contributed by atoms with E-state index in [2.05, 4.69) is 31.4 Å². The fraction of sp³-hybridized carbons (Fsp3) is 0.0952. The molecular weight excluding hydrogens is 454 g/mol. The molecule has 0 aliphatic rings. The van der Waals surface area contributed by atoms with Gasteiger partial charge in [-0.2, -0.15) is 5.10 Å². The van der Waals surface area contributed by atoms with Gasteiger partial charge in [0.2, 0.25) is 5.13 Å². The number of hydrazone groups is 1. The molecule has 6 nitrogen and oxygen atoms in total. The van der Waals surface area contributed by atoms with Crippen LogP contribution in [0.25, 0.3) is 22.2 Å². The SMILES string of the molecule is COc1ccc(/C(C)=N/Nc2nc(-c3cc4ccc(Br)cc4oc3=O)cs2)cc1. The fourth-order valence-corrected chi connectivity index (χ4v) is 3.73. The Labute approximate surface area is 179 Å². The van der Waals surface area contributed by atoms with Crippen molar-refractivity contribution in [2.45, 2.75) is 6.92 Å². The molecule has 2 heterocycles. The van der Waals surface area contributed by atoms with E-state index in [1.165, 1.54) is 11.3 Å². The van der Waals surface area contributed by atoms with E-state index in [1.807, 2.05) is 43.3 Å². The molecule has 4 aromatic rings. The van der Waals surface area contributed by atoms with Crippen LogP contribution in [0.4, 0.5) is 5.13 Å². The van der Waals surface area contributed by atoms with Gasteiger partial charge in [-0.1, -0.05) is 22.0 Å². The molecule has 1 N–H and O–H groups in total. The first-order valence-electron chi connectivity index (χ1n) is 8.67. The fourth-order valence-electron chi connectivity index (χ4n) is 2.74. The van der Waals surface area contributed by atoms with Crippen molar-refractivity contribution in [2.24, 2.45) is 5.10 Å². The van der Waals surface area contributed by atoms with Crippen molar-refractivity contribution in [3.8, 4) is 17.0 Å². The van der Waals surface area contributed by atoms with Gasteiger partial charge in [0.1, 0.15) is 11.3 Å². The van der Waals surface area contributed by atoms with Crippen LogP contribution < -0.4 is 15.8 Å². The summed E-state index contributed by atoms with van der Waals surface area (Å²) < 4.78 is 11.5. The average molecular weight is 470 g/mol. The van der Waals surface area contributed by atoms with Crippen LogP contribution in [0.15, 0.2) is 72.7 Å². The molecule has 4 rings (SSSR count). The average Bonchev–Trinajstić information content (AvgIpc) is 3.20. The van der Waals surface area contributed by atoms with Crippen molar-refractivity contribution in [3.63, 3.8) is 0 Å². The van der Waals surface area contributed by atoms with Gasteiger partial charge in [0, 0.05) is 15.2 Å². The zero-order valence-corrected chi connectivity index (χ0v) is 18.0. The van der Waals surface area contributed by atoms with E-state index < -0.39 is 5.63 Å². The number of ether oxygens (including phenoxy) is 1. The van der Waals surface area contributed by atoms with Gasteiger partial charge in [-0.05, 0) is 55.0 Å². The topological polar surface area (TPSA) is 76.7 Å². The Hall–Kier alpha value is -2.97. The van der Waals surface area contributed by atoms with Crippen LogP contribution in [0, 0.1) is 0 Å². The van der Waals surface area contributed by atoms with Gasteiger partial charge in [0.15, 0.2) is 0 Å². The summed E-state index contributed by atoms with van der Waals surface area (Å²) >= 11 is 4.74. The maximum Gasteiger partial charge on any atom is 0.345 e. The minimum atomic E-state index is -0.426. The number of nitrogens with zero attached hydrogens (tertiary/aromatic N) is 2. The maximum absolute atomic E-state index is 12.4. The van der Waals surface area contributed by atoms with Crippen LogP contribution in [-0.4, -0.2) is 17.8 Å². The van der Waals surface area contributed by atoms with E-state index in [9.17, 15) is 4.79 Å². The third-order valence-corrected chi connectivity index (χ3v) is 5.55. The summed E-state index contributed by atoms with van der Waals surface area (Å²) in [5.74, 6) is 0.792. The molecule has 0 bridgehead atoms. The van der Waals surface area contributed by atoms with Crippen LogP contribution in [0.2, 0.25) is 0 Å². The van der Waals surface area contributed by atoms with Crippen LogP contribution in [0.5, 0.6) is 5.75 Å². The van der Waals surface area contributed by atoms with Crippen LogP contribution in [-0.2, 0) is 0 Å². The summed E-state index contributed by atoms with van der Waals surface area (Å²) in [5, 5.41) is 7.60. The zero-order chi connectivity index (χ0) is 20.4. The van der Waals surface area contributed by atoms with Crippen molar-refractivity contribution in [2.75, 3.05) is 12.5 Å². The van der Waals surface area contributed by atoms with E-state index in [1.54, 1.807) is 24.6 Å². The lowest BCUT2D eigenvalue weighted by molar-refractivity contribution is 0.415. The molecule has 0 amide bonds. The molecule has 2 aromatic heterocycles. The lowest BCUT2D eigenvalue weighted by Gasteiger charge is -2.03. The molecule has 0 spiro atoms. The lowest BCUT2D eigenvalue weighted by Crippen LogP contribution is -2.03. The number of hydrogen-bond donors (Lipinski definition) is 1. The number of thiazole rings is 1. The third kappa shape index (κ3) is 4.23. The summed E-state index contributed by atoms with van der Waals surface area (Å²) in [6.07, 6.45) is 0. The van der Waals surface area contributed by atoms with Gasteiger partial charge < -0.3 is 9.15 Å². The van der Waals surface area contributed by atoms with Gasteiger partial charge in [0.25, 0.3) is 0 Å². The van der Waals surface area contributed by atoms with Crippen molar-refractivity contribution in [1.82, 2.24) is 4.98 Å². The smallest absolute Gasteiger partial charge is 0.345 e. The number of aromatic nitrogens is 1. The second-order valence-electron chi connectivity index (χ2n) is 6.21. The van der Waals surface area contributed by atoms with Crippen molar-refractivity contribution >= 4 is 49.1 Å². The molecular formula is C21H16BrN3O3S. The lowest BCUT2D eigenvalue weighted by atomic mass is 10.1. The summed E-state index contributed by atoms with van der Waals surface area (Å²) in [7, 11) is 1.63. The third-order valence-electron chi connectivity index (χ3n) is 4.31. The minimum Gasteiger partial charge on any atom is -0.497 e. The predicted octanol–water partition coefficient (Wildman–Crippen LogP) is 5.52. The number of anilines is 1. The molecule has 146 valence electrons. The standard InChI is InChI=1S/C21H16BrN3O3S/c1-12(13-4-7-16(27-2)8-5-13)24-25-21-23-18(11-29-21)17-9-14-3-6-15(22)10-19(14)28-20(17)26/h3-11H,1-2H3,(H,23,25)/b24-12+. The number of fused-ring (bicyclic) bond motifs is 1. The highest BCUT2D eigenvalue weighted by Crippen LogP contribution is 2.26. The van der Waals surface area contributed by atoms with E-state index in [-0.39, 0.29) is 0 Å². The number of nitrogens with one attached hydrogen (secondary N) is 1. The highest BCUT2D eigenvalue weighted by molar-refractivity contribution is 9.10. The summed E-state index contributed by atoms with van der Waals surface area (Å²) in [5.41, 5.74) is 5.80. The van der Waals surface area contributed by atoms with Gasteiger partial charge in [-0.15, -0.1) is 11.3 Å². The second-order valence-corrected chi connectivity index (χ2v) is 7.98. The van der Waals surface area contributed by atoms with E-state index in [0.717, 1.165) is 26.9 Å². The highest BCUT2D eigenvalue weighted by atomic mass is 79.9. The zero-order valence-electron chi connectivity index (χ0n) is 15.6. The molecule has 0 saturated carbocycles. The number of rotatable bonds is 5. The molecule has 0 aliphatic heterocycles. The largest absolute Gasteiger partial charge is 0.497 e. The van der Waals surface area contributed by atoms with Gasteiger partial charge in [-0.25, -0.2) is 9.78 Å². The molecule has 0 aliphatic carbocycles. The predicted molar refractivity (Wildman–Crippen MR) is 120 cm³/mol. The van der Waals surface area contributed by atoms with Crippen molar-refractivity contribution in [1.29, 1.82) is 0 Å². The summed E-state index contributed by atoms with van der Waals surface area (Å²) in [6.45, 7) is 1.90. The van der Waals surface area contributed by atoms with Gasteiger partial charge in [0.05, 0.1) is 24.1 Å². The number of benzene rings is 2. The van der Waals surface area contributed by atoms with Gasteiger partial charge in [-0.3, -0.25) is 5.43 Å². The molecule has 0 radical (unpaired) electrons. The van der Waals surface area contributed by atoms with Crippen molar-refractivity contribution in [3.05, 3.63) is 74.4 Å². The molecule has 0 saturated heterocycles. The summed E-state index contributed by atoms with van der Waals surface area (Å²) in [4.78, 5) is 16.9. The Morgan fingerprint density at radius 3 is 2.76 bits per heavy atom. The Bertz CT molecular complexity index is 1260. The molecule has 0 atom stereocenters. The Balaban J connectivity index is 1.56. The first-order valence-corrected chi connectivity index (χ1v) is 10.3. The Morgan fingerprint density at radius 2 is 2.00 bits per heavy atom. The molecule has 2 aromatic carbocycles. The number of methoxy groups -OCH3 is 1. The van der Waals surface area contributed by atoms with E-state index in [4.69, 9.17) is 9.15 Å². The second kappa shape index (κ2) is 8.18. The molecule has 29 heavy (non-hydrogen) atoms. The molecule has 0 fully saturated rings. The maximum atomic E-state index is 12.4. The molecule has 0 unspecified atom stereocenters. The van der Waals surface area contributed by atoms with E-state index in [0.29, 0.717) is 22.0 Å². The molecule has 8 heteroatoms. The first kappa shape index (κ1) is 19.4. The normalized spacial score (nSPS) is 11.6. The quantitative estimate of drug-likeness (QED) is 0.236. The Morgan fingerprint density at radius 1 is 1.21 bits per heavy atom. The minimum absolute atomic E-state index is 0.417. The van der Waals surface area contributed by atoms with E-state index >= 15 is 0 Å². The number of hydrogen-bond acceptors (Lipinski definition) is 7. The van der Waals surface area contributed by atoms with Crippen LogP contribution >= 0.6 is 27.3 Å². The summed E-state index contributed by atoms with van der Waals surface area (Å²) in [6, 6.07) is 15.0.